The quantitative estimate of drug-likeness (QED) is 0.164. The zero-order chi connectivity index (χ0) is 32.7. The summed E-state index contributed by atoms with van der Waals surface area (Å²) >= 11 is 5.81. The summed E-state index contributed by atoms with van der Waals surface area (Å²) in [4.78, 5) is 45.8. The maximum atomic E-state index is 14.7. The SMILES string of the molecule is CCOP(=O)(CC(=O)N(CCC(=O)c1c(F)ccc(Cl)c1F)C1CCCC(C)C(=O)NCC(C)(C)c2ccnc1c2)OCC. The van der Waals surface area contributed by atoms with Gasteiger partial charge in [0.25, 0.3) is 0 Å². The van der Waals surface area contributed by atoms with Gasteiger partial charge in [-0.15, -0.1) is 0 Å². The van der Waals surface area contributed by atoms with Crippen molar-refractivity contribution in [2.45, 2.75) is 71.8 Å². The lowest BCUT2D eigenvalue weighted by Gasteiger charge is -2.34. The van der Waals surface area contributed by atoms with E-state index < -0.39 is 65.5 Å². The number of amides is 2. The molecule has 0 aliphatic carbocycles. The fourth-order valence-electron chi connectivity index (χ4n) is 5.21. The second-order valence-corrected chi connectivity index (χ2v) is 14.0. The molecule has 44 heavy (non-hydrogen) atoms. The molecular weight excluding hydrogens is 615 g/mol. The first-order valence-corrected chi connectivity index (χ1v) is 16.9. The average molecular weight is 656 g/mol. The molecule has 1 aromatic carbocycles. The van der Waals surface area contributed by atoms with Crippen molar-refractivity contribution in [2.75, 3.05) is 32.5 Å². The van der Waals surface area contributed by atoms with E-state index in [1.807, 2.05) is 32.9 Å². The molecule has 3 rings (SSSR count). The van der Waals surface area contributed by atoms with Crippen LogP contribution in [0, 0.1) is 17.6 Å². The Balaban J connectivity index is 2.07. The number of carbonyl (C=O) groups excluding carboxylic acids is 3. The lowest BCUT2D eigenvalue weighted by Crippen LogP contribution is -2.41. The summed E-state index contributed by atoms with van der Waals surface area (Å²) in [6, 6.07) is 4.89. The number of nitrogens with one attached hydrogen (secondary N) is 1. The van der Waals surface area contributed by atoms with E-state index in [-0.39, 0.29) is 31.6 Å². The van der Waals surface area contributed by atoms with Crippen molar-refractivity contribution in [3.63, 3.8) is 0 Å². The Morgan fingerprint density at radius 2 is 1.84 bits per heavy atom. The number of benzene rings is 1. The fourth-order valence-corrected chi connectivity index (χ4v) is 6.92. The Morgan fingerprint density at radius 1 is 1.16 bits per heavy atom. The van der Waals surface area contributed by atoms with Crippen LogP contribution in [0.2, 0.25) is 5.02 Å². The first-order chi connectivity index (χ1) is 20.7. The van der Waals surface area contributed by atoms with Crippen LogP contribution in [0.15, 0.2) is 30.5 Å². The molecule has 242 valence electrons. The van der Waals surface area contributed by atoms with Crippen LogP contribution in [-0.2, 0) is 28.6 Å². The number of carbonyl (C=O) groups is 3. The minimum absolute atomic E-state index is 0.0401. The smallest absolute Gasteiger partial charge is 0.340 e. The Kier molecular flexibility index (Phi) is 12.6. The van der Waals surface area contributed by atoms with Gasteiger partial charge in [0.15, 0.2) is 11.6 Å². The van der Waals surface area contributed by atoms with Crippen LogP contribution in [0.4, 0.5) is 8.78 Å². The third-order valence-corrected chi connectivity index (χ3v) is 10.0. The van der Waals surface area contributed by atoms with Gasteiger partial charge in [-0.1, -0.05) is 38.8 Å². The van der Waals surface area contributed by atoms with Crippen molar-refractivity contribution in [1.82, 2.24) is 15.2 Å². The summed E-state index contributed by atoms with van der Waals surface area (Å²) in [7, 11) is -3.86. The topological polar surface area (TPSA) is 115 Å². The average Bonchev–Trinajstić information content (AvgIpc) is 2.96. The molecule has 1 aliphatic heterocycles. The van der Waals surface area contributed by atoms with E-state index in [0.29, 0.717) is 31.5 Å². The molecule has 2 amide bonds. The highest BCUT2D eigenvalue weighted by molar-refractivity contribution is 7.54. The lowest BCUT2D eigenvalue weighted by molar-refractivity contribution is -0.131. The number of rotatable bonds is 11. The molecule has 0 saturated heterocycles. The molecule has 1 N–H and O–H groups in total. The van der Waals surface area contributed by atoms with Crippen LogP contribution in [0.25, 0.3) is 0 Å². The Morgan fingerprint density at radius 3 is 2.50 bits per heavy atom. The van der Waals surface area contributed by atoms with Gasteiger partial charge in [0.1, 0.15) is 12.0 Å². The molecule has 2 atom stereocenters. The minimum atomic E-state index is -3.86. The van der Waals surface area contributed by atoms with Gasteiger partial charge in [-0.25, -0.2) is 8.78 Å². The van der Waals surface area contributed by atoms with E-state index in [2.05, 4.69) is 10.3 Å². The second kappa shape index (κ2) is 15.5. The maximum Gasteiger partial charge on any atom is 0.340 e. The lowest BCUT2D eigenvalue weighted by atomic mass is 9.83. The van der Waals surface area contributed by atoms with E-state index in [1.165, 1.54) is 4.90 Å². The van der Waals surface area contributed by atoms with Crippen LogP contribution < -0.4 is 5.32 Å². The number of pyridine rings is 1. The maximum absolute atomic E-state index is 14.7. The molecular formula is C31H41ClF2N3O6P. The number of hydrogen-bond donors (Lipinski definition) is 1. The van der Waals surface area contributed by atoms with E-state index in [1.54, 1.807) is 20.0 Å². The van der Waals surface area contributed by atoms with Crippen molar-refractivity contribution in [3.05, 3.63) is 63.9 Å². The molecule has 0 fully saturated rings. The number of hydrogen-bond acceptors (Lipinski definition) is 7. The van der Waals surface area contributed by atoms with Gasteiger partial charge in [-0.05, 0) is 56.5 Å². The predicted octanol–water partition coefficient (Wildman–Crippen LogP) is 6.64. The molecule has 9 nitrogen and oxygen atoms in total. The highest BCUT2D eigenvalue weighted by Crippen LogP contribution is 2.48. The number of ketones is 1. The van der Waals surface area contributed by atoms with E-state index >= 15 is 0 Å². The Hall–Kier alpha value is -2.72. The van der Waals surface area contributed by atoms with Gasteiger partial charge in [0.2, 0.25) is 11.8 Å². The van der Waals surface area contributed by atoms with Crippen molar-refractivity contribution in [1.29, 1.82) is 0 Å². The Bertz CT molecular complexity index is 1400. The van der Waals surface area contributed by atoms with Gasteiger partial charge in [-0.3, -0.25) is 23.9 Å². The summed E-state index contributed by atoms with van der Waals surface area (Å²) in [5.41, 5.74) is 0.114. The van der Waals surface area contributed by atoms with Crippen molar-refractivity contribution in [3.8, 4) is 0 Å². The van der Waals surface area contributed by atoms with Gasteiger partial charge in [0.05, 0.1) is 35.5 Å². The van der Waals surface area contributed by atoms with Gasteiger partial charge in [-0.2, -0.15) is 0 Å². The molecule has 2 unspecified atom stereocenters. The van der Waals surface area contributed by atoms with E-state index in [4.69, 9.17) is 20.6 Å². The van der Waals surface area contributed by atoms with Crippen LogP contribution in [0.3, 0.4) is 0 Å². The third-order valence-electron chi connectivity index (χ3n) is 7.75. The number of halogens is 3. The summed E-state index contributed by atoms with van der Waals surface area (Å²) in [6.07, 6.45) is 1.93. The molecule has 0 spiro atoms. The molecule has 2 aromatic rings. The van der Waals surface area contributed by atoms with E-state index in [0.717, 1.165) is 17.7 Å². The second-order valence-electron chi connectivity index (χ2n) is 11.5. The molecule has 0 radical (unpaired) electrons. The highest BCUT2D eigenvalue weighted by atomic mass is 35.5. The van der Waals surface area contributed by atoms with Gasteiger partial charge < -0.3 is 19.3 Å². The molecule has 13 heteroatoms. The first-order valence-electron chi connectivity index (χ1n) is 14.8. The normalized spacial score (nSPS) is 19.0. The number of fused-ring (bicyclic) bond motifs is 2. The number of Topliss-reactive ketones (excluding diaryl/α,β-unsaturated/α-hetero) is 1. The summed E-state index contributed by atoms with van der Waals surface area (Å²) in [5.74, 6) is -4.15. The number of nitrogens with zero attached hydrogens (tertiary/aromatic N) is 2. The predicted molar refractivity (Wildman–Crippen MR) is 164 cm³/mol. The van der Waals surface area contributed by atoms with Crippen LogP contribution in [0.1, 0.15) is 88.0 Å². The summed E-state index contributed by atoms with van der Waals surface area (Å²) in [6.45, 7) is 9.24. The number of aromatic nitrogens is 1. The first kappa shape index (κ1) is 35.8. The van der Waals surface area contributed by atoms with Gasteiger partial charge >= 0.3 is 7.60 Å². The van der Waals surface area contributed by atoms with Crippen molar-refractivity contribution < 1.29 is 36.8 Å². The van der Waals surface area contributed by atoms with Gasteiger partial charge in [0, 0.05) is 37.0 Å². The fraction of sp³-hybridized carbons (Fsp3) is 0.548. The van der Waals surface area contributed by atoms with Crippen LogP contribution >= 0.6 is 19.2 Å². The third kappa shape index (κ3) is 8.93. The monoisotopic (exact) mass is 655 g/mol. The standard InChI is InChI=1S/C31H41ClF2N3O6P/c1-6-42-44(41,43-7-2)18-27(39)37(16-14-26(38)28-23(33)12-11-22(32)29(28)34)25-10-8-9-20(3)30(40)36-19-31(4,5)21-13-15-35-24(25)17-21/h11-13,15,17,20,25H,6-10,14,16,18-19H2,1-5H3,(H,36,40). The summed E-state index contributed by atoms with van der Waals surface area (Å²) < 4.78 is 53.4. The molecule has 0 saturated carbocycles. The molecule has 2 heterocycles. The zero-order valence-corrected chi connectivity index (χ0v) is 27.5. The van der Waals surface area contributed by atoms with Crippen molar-refractivity contribution >= 4 is 36.8 Å². The van der Waals surface area contributed by atoms with Crippen LogP contribution in [-0.4, -0.2) is 59.9 Å². The Labute approximate surface area is 262 Å². The summed E-state index contributed by atoms with van der Waals surface area (Å²) in [5, 5.41) is 2.62. The highest BCUT2D eigenvalue weighted by Gasteiger charge is 2.36. The molecule has 1 aliphatic rings. The molecule has 2 bridgehead atoms. The van der Waals surface area contributed by atoms with Crippen LogP contribution in [0.5, 0.6) is 0 Å². The molecule has 1 aromatic heterocycles. The van der Waals surface area contributed by atoms with Crippen molar-refractivity contribution in [2.24, 2.45) is 5.92 Å². The largest absolute Gasteiger partial charge is 0.355 e. The zero-order valence-electron chi connectivity index (χ0n) is 25.8. The minimum Gasteiger partial charge on any atom is -0.355 e. The van der Waals surface area contributed by atoms with E-state index in [9.17, 15) is 27.7 Å².